The lowest BCUT2D eigenvalue weighted by atomic mass is 10.2. The van der Waals surface area contributed by atoms with E-state index < -0.39 is 33.9 Å². The molecule has 80 valence electrons. The molecule has 0 spiro atoms. The number of H-pyrrole nitrogens is 1. The maximum atomic E-state index is 12.1. The summed E-state index contributed by atoms with van der Waals surface area (Å²) in [5, 5.41) is 10.3. The fraction of sp³-hybridized carbons (Fsp3) is 0.143. The second-order valence-electron chi connectivity index (χ2n) is 2.53. The molecule has 0 unspecified atom stereocenters. The van der Waals surface area contributed by atoms with Gasteiger partial charge in [0.1, 0.15) is 0 Å². The van der Waals surface area contributed by atoms with Crippen LogP contribution in [-0.2, 0) is 0 Å². The van der Waals surface area contributed by atoms with Crippen molar-refractivity contribution >= 4 is 12.1 Å². The highest BCUT2D eigenvalue weighted by Gasteiger charge is 2.22. The van der Waals surface area contributed by atoms with Crippen molar-refractivity contribution in [3.8, 4) is 0 Å². The van der Waals surface area contributed by atoms with Gasteiger partial charge in [-0.05, 0) is 4.92 Å². The Bertz CT molecular complexity index is 469. The summed E-state index contributed by atoms with van der Waals surface area (Å²) in [6.07, 6.45) is -3.09. The van der Waals surface area contributed by atoms with Crippen molar-refractivity contribution < 1.29 is 18.5 Å². The number of nitro groups is 1. The molecule has 8 heteroatoms. The fourth-order valence-corrected chi connectivity index (χ4v) is 0.951. The Balaban J connectivity index is 3.53. The van der Waals surface area contributed by atoms with Gasteiger partial charge >= 0.3 is 5.82 Å². The van der Waals surface area contributed by atoms with E-state index in [0.717, 1.165) is 0 Å². The van der Waals surface area contributed by atoms with Gasteiger partial charge in [0, 0.05) is 6.07 Å². The third kappa shape index (κ3) is 2.03. The van der Waals surface area contributed by atoms with E-state index in [1.54, 1.807) is 4.98 Å². The number of carbonyl (C=O) groups is 1. The second kappa shape index (κ2) is 3.95. The van der Waals surface area contributed by atoms with Gasteiger partial charge in [0.15, 0.2) is 17.5 Å². The maximum Gasteiger partial charge on any atom is 0.335 e. The molecule has 0 aliphatic rings. The zero-order valence-electron chi connectivity index (χ0n) is 7.07. The number of pyridine rings is 1. The average molecular weight is 218 g/mol. The molecule has 0 radical (unpaired) electrons. The summed E-state index contributed by atoms with van der Waals surface area (Å²) in [4.78, 5) is 32.3. The zero-order valence-corrected chi connectivity index (χ0v) is 7.07. The minimum Gasteiger partial charge on any atom is -0.358 e. The Morgan fingerprint density at radius 3 is 2.53 bits per heavy atom. The van der Waals surface area contributed by atoms with E-state index in [1.807, 2.05) is 0 Å². The van der Waals surface area contributed by atoms with Crippen LogP contribution in [0.2, 0.25) is 0 Å². The van der Waals surface area contributed by atoms with Crippen LogP contribution >= 0.6 is 0 Å². The van der Waals surface area contributed by atoms with Crippen molar-refractivity contribution in [2.45, 2.75) is 6.43 Å². The highest BCUT2D eigenvalue weighted by molar-refractivity contribution is 5.79. The summed E-state index contributed by atoms with van der Waals surface area (Å²) in [5.74, 6) is -1.02. The van der Waals surface area contributed by atoms with Crippen LogP contribution in [0.4, 0.5) is 14.6 Å². The largest absolute Gasteiger partial charge is 0.358 e. The zero-order chi connectivity index (χ0) is 11.6. The van der Waals surface area contributed by atoms with Crippen LogP contribution in [-0.4, -0.2) is 16.2 Å². The number of halogens is 2. The number of hydrogen-bond donors (Lipinski definition) is 1. The van der Waals surface area contributed by atoms with Gasteiger partial charge in [-0.3, -0.25) is 9.59 Å². The van der Waals surface area contributed by atoms with Crippen LogP contribution in [0, 0.1) is 10.1 Å². The molecule has 1 rings (SSSR count). The van der Waals surface area contributed by atoms with Crippen LogP contribution in [0.15, 0.2) is 10.9 Å². The fourth-order valence-electron chi connectivity index (χ4n) is 0.951. The monoisotopic (exact) mass is 218 g/mol. The molecule has 0 amide bonds. The van der Waals surface area contributed by atoms with E-state index in [9.17, 15) is 28.5 Å². The van der Waals surface area contributed by atoms with Gasteiger partial charge in [0.05, 0.1) is 0 Å². The van der Waals surface area contributed by atoms with Crippen LogP contribution < -0.4 is 5.43 Å². The first-order valence-corrected chi connectivity index (χ1v) is 3.62. The molecule has 0 atom stereocenters. The van der Waals surface area contributed by atoms with Crippen LogP contribution in [0.3, 0.4) is 0 Å². The lowest BCUT2D eigenvalue weighted by Crippen LogP contribution is -2.14. The van der Waals surface area contributed by atoms with Crippen LogP contribution in [0.25, 0.3) is 0 Å². The molecule has 1 heterocycles. The molecule has 0 saturated heterocycles. The number of rotatable bonds is 3. The number of aldehydes is 1. The number of aromatic nitrogens is 1. The minimum atomic E-state index is -3.04. The highest BCUT2D eigenvalue weighted by atomic mass is 19.3. The van der Waals surface area contributed by atoms with Gasteiger partial charge in [-0.15, -0.1) is 0 Å². The van der Waals surface area contributed by atoms with Gasteiger partial charge in [-0.2, -0.15) is 0 Å². The third-order valence-corrected chi connectivity index (χ3v) is 1.61. The van der Waals surface area contributed by atoms with Gasteiger partial charge in [0.25, 0.3) is 6.43 Å². The van der Waals surface area contributed by atoms with Crippen molar-refractivity contribution in [3.05, 3.63) is 37.7 Å². The predicted molar refractivity (Wildman–Crippen MR) is 44.1 cm³/mol. The Kier molecular flexibility index (Phi) is 2.88. The standard InChI is InChI=1S/C7H4F2N2O4/c8-6(9)4-1-5(13)3(2-12)7(10-4)11(14)15/h1-2,6H,(H,10,13). The summed E-state index contributed by atoms with van der Waals surface area (Å²) in [5.41, 5.74) is -2.77. The van der Waals surface area contributed by atoms with Gasteiger partial charge < -0.3 is 10.1 Å². The normalized spacial score (nSPS) is 10.3. The number of nitrogens with zero attached hydrogens (tertiary/aromatic N) is 1. The molecule has 1 N–H and O–H groups in total. The van der Waals surface area contributed by atoms with Crippen molar-refractivity contribution in [3.63, 3.8) is 0 Å². The number of aromatic amines is 1. The average Bonchev–Trinajstić information content (AvgIpc) is 2.16. The Hall–Kier alpha value is -2.12. The van der Waals surface area contributed by atoms with E-state index in [-0.39, 0.29) is 6.29 Å². The molecule has 0 bridgehead atoms. The van der Waals surface area contributed by atoms with E-state index in [4.69, 9.17) is 0 Å². The van der Waals surface area contributed by atoms with E-state index in [1.165, 1.54) is 0 Å². The summed E-state index contributed by atoms with van der Waals surface area (Å²) in [7, 11) is 0. The van der Waals surface area contributed by atoms with Crippen LogP contribution in [0.5, 0.6) is 0 Å². The molecular formula is C7H4F2N2O4. The van der Waals surface area contributed by atoms with E-state index in [2.05, 4.69) is 0 Å². The highest BCUT2D eigenvalue weighted by Crippen LogP contribution is 2.18. The first-order chi connectivity index (χ1) is 6.97. The minimum absolute atomic E-state index is 0.0494. The molecule has 0 aromatic carbocycles. The quantitative estimate of drug-likeness (QED) is 0.465. The van der Waals surface area contributed by atoms with Crippen molar-refractivity contribution in [1.29, 1.82) is 0 Å². The maximum absolute atomic E-state index is 12.1. The third-order valence-electron chi connectivity index (χ3n) is 1.61. The van der Waals surface area contributed by atoms with E-state index in [0.29, 0.717) is 6.07 Å². The Labute approximate surface area is 80.7 Å². The molecule has 0 saturated carbocycles. The molecule has 0 aliphatic carbocycles. The second-order valence-corrected chi connectivity index (χ2v) is 2.53. The lowest BCUT2D eigenvalue weighted by molar-refractivity contribution is -0.390. The summed E-state index contributed by atoms with van der Waals surface area (Å²) < 4.78 is 24.3. The van der Waals surface area contributed by atoms with Crippen molar-refractivity contribution in [2.24, 2.45) is 0 Å². The molecule has 15 heavy (non-hydrogen) atoms. The number of alkyl halides is 2. The first kappa shape index (κ1) is 11.0. The number of carbonyl (C=O) groups excluding carboxylic acids is 1. The smallest absolute Gasteiger partial charge is 0.335 e. The summed E-state index contributed by atoms with van der Waals surface area (Å²) >= 11 is 0. The van der Waals surface area contributed by atoms with Gasteiger partial charge in [0.2, 0.25) is 5.43 Å². The van der Waals surface area contributed by atoms with Crippen molar-refractivity contribution in [2.75, 3.05) is 0 Å². The van der Waals surface area contributed by atoms with Gasteiger partial charge in [-0.1, -0.05) is 0 Å². The number of hydrogen-bond acceptors (Lipinski definition) is 4. The molecule has 0 aliphatic heterocycles. The lowest BCUT2D eigenvalue weighted by Gasteiger charge is -2.00. The Morgan fingerprint density at radius 1 is 1.53 bits per heavy atom. The predicted octanol–water partition coefficient (Wildman–Crippen LogP) is 1.03. The van der Waals surface area contributed by atoms with Crippen molar-refractivity contribution in [1.82, 2.24) is 4.98 Å². The molecule has 1 aromatic rings. The molecule has 6 nitrogen and oxygen atoms in total. The van der Waals surface area contributed by atoms with E-state index >= 15 is 0 Å². The summed E-state index contributed by atoms with van der Waals surface area (Å²) in [6.45, 7) is 0. The van der Waals surface area contributed by atoms with Crippen LogP contribution in [0.1, 0.15) is 22.5 Å². The topological polar surface area (TPSA) is 93.1 Å². The first-order valence-electron chi connectivity index (χ1n) is 3.62. The summed E-state index contributed by atoms with van der Waals surface area (Å²) in [6, 6.07) is 0.460. The van der Waals surface area contributed by atoms with Gasteiger partial charge in [-0.25, -0.2) is 13.8 Å². The Morgan fingerprint density at radius 2 is 2.13 bits per heavy atom. The SMILES string of the molecule is O=Cc1c([N+](=O)[O-])[nH]c(C(F)F)cc1=O. The molecule has 1 aromatic heterocycles. The molecular weight excluding hydrogens is 214 g/mol. The number of nitrogens with one attached hydrogen (secondary N) is 1. The molecule has 0 fully saturated rings.